The van der Waals surface area contributed by atoms with Gasteiger partial charge in [0, 0.05) is 11.1 Å². The van der Waals surface area contributed by atoms with Gasteiger partial charge in [-0.2, -0.15) is 0 Å². The van der Waals surface area contributed by atoms with E-state index in [1.807, 2.05) is 37.3 Å². The van der Waals surface area contributed by atoms with Gasteiger partial charge in [-0.15, -0.1) is 0 Å². The van der Waals surface area contributed by atoms with E-state index in [4.69, 9.17) is 10.8 Å². The Kier molecular flexibility index (Phi) is 2.66. The van der Waals surface area contributed by atoms with Crippen molar-refractivity contribution in [1.29, 1.82) is 0 Å². The molecule has 3 heteroatoms. The molecule has 0 saturated carbocycles. The number of nitrogens with zero attached hydrogens (tertiary/aromatic N) is 1. The van der Waals surface area contributed by atoms with E-state index in [0.29, 0.717) is 0 Å². The number of hydrogen-bond acceptors (Lipinski definition) is 3. The summed E-state index contributed by atoms with van der Waals surface area (Å²) in [6.07, 6.45) is 0. The number of benzene rings is 1. The normalized spacial score (nSPS) is 13.0. The minimum atomic E-state index is -0.310. The van der Waals surface area contributed by atoms with E-state index in [0.717, 1.165) is 22.2 Å². The quantitative estimate of drug-likeness (QED) is 0.776. The van der Waals surface area contributed by atoms with Gasteiger partial charge in [0.25, 0.3) is 0 Å². The molecule has 0 saturated heterocycles. The molecule has 2 rings (SSSR count). The van der Waals surface area contributed by atoms with Crippen LogP contribution in [0.1, 0.15) is 17.3 Å². The van der Waals surface area contributed by atoms with Crippen LogP contribution >= 0.6 is 0 Å². The monoisotopic (exact) mass is 202 g/mol. The molecule has 0 unspecified atom stereocenters. The van der Waals surface area contributed by atoms with Crippen molar-refractivity contribution in [3.05, 3.63) is 41.6 Å². The fraction of sp³-hybridized carbons (Fsp3) is 0.250. The van der Waals surface area contributed by atoms with E-state index in [2.05, 4.69) is 4.98 Å². The molecule has 0 bridgehead atoms. The number of pyridine rings is 1. The summed E-state index contributed by atoms with van der Waals surface area (Å²) in [5.74, 6) is 0. The molecule has 1 aromatic heterocycles. The topological polar surface area (TPSA) is 59.1 Å². The van der Waals surface area contributed by atoms with Crippen LogP contribution in [-0.4, -0.2) is 16.7 Å². The summed E-state index contributed by atoms with van der Waals surface area (Å²) in [6, 6.07) is 9.50. The van der Waals surface area contributed by atoms with Crippen molar-refractivity contribution in [3.8, 4) is 0 Å². The van der Waals surface area contributed by atoms with Crippen LogP contribution in [0.15, 0.2) is 30.3 Å². The van der Waals surface area contributed by atoms with Gasteiger partial charge in [0.1, 0.15) is 0 Å². The zero-order valence-corrected chi connectivity index (χ0v) is 8.64. The van der Waals surface area contributed by atoms with Gasteiger partial charge < -0.3 is 10.8 Å². The maximum Gasteiger partial charge on any atom is 0.0705 e. The molecular weight excluding hydrogens is 188 g/mol. The van der Waals surface area contributed by atoms with Crippen molar-refractivity contribution in [2.75, 3.05) is 6.61 Å². The predicted molar refractivity (Wildman–Crippen MR) is 60.5 cm³/mol. The lowest BCUT2D eigenvalue weighted by Gasteiger charge is -2.09. The molecule has 1 heterocycles. The van der Waals surface area contributed by atoms with Crippen LogP contribution < -0.4 is 5.73 Å². The van der Waals surface area contributed by atoms with Gasteiger partial charge in [-0.25, -0.2) is 0 Å². The summed E-state index contributed by atoms with van der Waals surface area (Å²) in [6.45, 7) is 1.93. The van der Waals surface area contributed by atoms with E-state index in [1.54, 1.807) is 0 Å². The van der Waals surface area contributed by atoms with E-state index in [1.165, 1.54) is 0 Å². The van der Waals surface area contributed by atoms with Crippen molar-refractivity contribution in [3.63, 3.8) is 0 Å². The van der Waals surface area contributed by atoms with Crippen molar-refractivity contribution in [1.82, 2.24) is 4.98 Å². The van der Waals surface area contributed by atoms with E-state index in [-0.39, 0.29) is 12.6 Å². The molecule has 15 heavy (non-hydrogen) atoms. The zero-order chi connectivity index (χ0) is 10.8. The summed E-state index contributed by atoms with van der Waals surface area (Å²) in [4.78, 5) is 4.40. The fourth-order valence-electron chi connectivity index (χ4n) is 1.58. The van der Waals surface area contributed by atoms with Crippen molar-refractivity contribution < 1.29 is 5.11 Å². The number of fused-ring (bicyclic) bond motifs is 1. The highest BCUT2D eigenvalue weighted by Crippen LogP contribution is 2.18. The number of hydrogen-bond donors (Lipinski definition) is 2. The predicted octanol–water partition coefficient (Wildman–Crippen LogP) is 1.54. The van der Waals surface area contributed by atoms with E-state index >= 15 is 0 Å². The lowest BCUT2D eigenvalue weighted by Crippen LogP contribution is -2.14. The van der Waals surface area contributed by atoms with Crippen LogP contribution in [0.4, 0.5) is 0 Å². The molecule has 0 aliphatic carbocycles. The summed E-state index contributed by atoms with van der Waals surface area (Å²) in [7, 11) is 0. The molecule has 78 valence electrons. The van der Waals surface area contributed by atoms with Gasteiger partial charge >= 0.3 is 0 Å². The SMILES string of the molecule is Cc1ccc2cc([C@H](N)CO)ccc2n1. The second-order valence-electron chi connectivity index (χ2n) is 3.69. The molecule has 0 amide bonds. The zero-order valence-electron chi connectivity index (χ0n) is 8.64. The molecule has 3 N–H and O–H groups in total. The first kappa shape index (κ1) is 10.1. The Morgan fingerprint density at radius 2 is 2.13 bits per heavy atom. The average molecular weight is 202 g/mol. The number of aryl methyl sites for hydroxylation is 1. The van der Waals surface area contributed by atoms with Crippen molar-refractivity contribution in [2.45, 2.75) is 13.0 Å². The molecule has 2 aromatic rings. The number of rotatable bonds is 2. The third kappa shape index (κ3) is 1.98. The lowest BCUT2D eigenvalue weighted by atomic mass is 10.1. The van der Waals surface area contributed by atoms with Gasteiger partial charge in [0.2, 0.25) is 0 Å². The highest BCUT2D eigenvalue weighted by Gasteiger charge is 2.05. The maximum absolute atomic E-state index is 8.96. The van der Waals surface area contributed by atoms with Gasteiger partial charge in [0.05, 0.1) is 18.2 Å². The lowest BCUT2D eigenvalue weighted by molar-refractivity contribution is 0.268. The minimum Gasteiger partial charge on any atom is -0.394 e. The first-order valence-electron chi connectivity index (χ1n) is 4.94. The van der Waals surface area contributed by atoms with Gasteiger partial charge in [-0.05, 0) is 30.7 Å². The highest BCUT2D eigenvalue weighted by molar-refractivity contribution is 5.79. The second kappa shape index (κ2) is 3.96. The second-order valence-corrected chi connectivity index (χ2v) is 3.69. The summed E-state index contributed by atoms with van der Waals surface area (Å²) < 4.78 is 0. The molecular formula is C12H14N2O. The van der Waals surface area contributed by atoms with Gasteiger partial charge in [-0.1, -0.05) is 12.1 Å². The molecule has 0 aliphatic rings. The Bertz CT molecular complexity index is 482. The molecule has 1 atom stereocenters. The Labute approximate surface area is 88.6 Å². The summed E-state index contributed by atoms with van der Waals surface area (Å²) in [5, 5.41) is 10.0. The molecule has 0 spiro atoms. The van der Waals surface area contributed by atoms with Crippen molar-refractivity contribution in [2.24, 2.45) is 5.73 Å². The van der Waals surface area contributed by atoms with Crippen LogP contribution in [0.2, 0.25) is 0 Å². The molecule has 0 fully saturated rings. The first-order valence-corrected chi connectivity index (χ1v) is 4.94. The van der Waals surface area contributed by atoms with E-state index < -0.39 is 0 Å². The highest BCUT2D eigenvalue weighted by atomic mass is 16.3. The Morgan fingerprint density at radius 3 is 2.87 bits per heavy atom. The van der Waals surface area contributed by atoms with Crippen LogP contribution in [0.5, 0.6) is 0 Å². The standard InChI is InChI=1S/C12H14N2O/c1-8-2-3-10-6-9(11(13)7-15)4-5-12(10)14-8/h2-6,11,15H,7,13H2,1H3/t11-/m1/s1. The van der Waals surface area contributed by atoms with Crippen molar-refractivity contribution >= 4 is 10.9 Å². The van der Waals surface area contributed by atoms with Crippen LogP contribution in [-0.2, 0) is 0 Å². The maximum atomic E-state index is 8.96. The fourth-order valence-corrected chi connectivity index (χ4v) is 1.58. The van der Waals surface area contributed by atoms with Gasteiger partial charge in [0.15, 0.2) is 0 Å². The third-order valence-electron chi connectivity index (χ3n) is 2.48. The molecule has 1 aromatic carbocycles. The minimum absolute atomic E-state index is 0.0369. The van der Waals surface area contributed by atoms with Gasteiger partial charge in [-0.3, -0.25) is 4.98 Å². The van der Waals surface area contributed by atoms with E-state index in [9.17, 15) is 0 Å². The Balaban J connectivity index is 2.52. The number of aromatic nitrogens is 1. The smallest absolute Gasteiger partial charge is 0.0705 e. The van der Waals surface area contributed by atoms with Crippen LogP contribution in [0.25, 0.3) is 10.9 Å². The van der Waals surface area contributed by atoms with Crippen LogP contribution in [0, 0.1) is 6.92 Å². The number of aliphatic hydroxyl groups excluding tert-OH is 1. The average Bonchev–Trinajstić information content (AvgIpc) is 2.27. The number of aliphatic hydroxyl groups is 1. The molecule has 3 nitrogen and oxygen atoms in total. The first-order chi connectivity index (χ1) is 7.20. The third-order valence-corrected chi connectivity index (χ3v) is 2.48. The largest absolute Gasteiger partial charge is 0.394 e. The number of nitrogens with two attached hydrogens (primary N) is 1. The summed E-state index contributed by atoms with van der Waals surface area (Å²) >= 11 is 0. The Hall–Kier alpha value is -1.45. The van der Waals surface area contributed by atoms with Crippen LogP contribution in [0.3, 0.4) is 0 Å². The molecule has 0 radical (unpaired) electrons. The Morgan fingerprint density at radius 1 is 1.33 bits per heavy atom. The summed E-state index contributed by atoms with van der Waals surface area (Å²) in [5.41, 5.74) is 8.65. The molecule has 0 aliphatic heterocycles.